The quantitative estimate of drug-likeness (QED) is 0.379. The van der Waals surface area contributed by atoms with Crippen molar-refractivity contribution in [2.45, 2.75) is 25.8 Å². The molecule has 0 aliphatic heterocycles. The van der Waals surface area contributed by atoms with E-state index in [0.29, 0.717) is 11.3 Å². The SMILES string of the molecule is C[Si](C)(C)c1cccc2c1oc1c(Nc3ccccc3C(F)(F)F)cccc12. The highest BCUT2D eigenvalue weighted by Crippen LogP contribution is 2.39. The van der Waals surface area contributed by atoms with Crippen LogP contribution in [0.1, 0.15) is 5.56 Å². The lowest BCUT2D eigenvalue weighted by Crippen LogP contribution is -2.37. The standard InChI is InChI=1S/C22H20F3NOSi/c1-28(2,3)19-13-7-9-15-14-8-6-12-18(20(14)27-21(15)19)26-17-11-5-4-10-16(17)22(23,24)25/h4-13,26H,1-3H3. The van der Waals surface area contributed by atoms with Crippen molar-refractivity contribution in [3.05, 3.63) is 66.2 Å². The zero-order chi connectivity index (χ0) is 20.1. The third kappa shape index (κ3) is 3.18. The van der Waals surface area contributed by atoms with Crippen molar-refractivity contribution in [2.24, 2.45) is 0 Å². The Hall–Kier alpha value is -2.73. The Kier molecular flexibility index (Phi) is 4.26. The number of nitrogens with one attached hydrogen (secondary N) is 1. The molecule has 28 heavy (non-hydrogen) atoms. The summed E-state index contributed by atoms with van der Waals surface area (Å²) in [5.41, 5.74) is 1.22. The van der Waals surface area contributed by atoms with Gasteiger partial charge < -0.3 is 9.73 Å². The summed E-state index contributed by atoms with van der Waals surface area (Å²) in [6, 6.07) is 17.1. The fourth-order valence-corrected chi connectivity index (χ4v) is 4.96. The molecular formula is C22H20F3NOSi. The molecule has 2 nitrogen and oxygen atoms in total. The smallest absolute Gasteiger partial charge is 0.418 e. The summed E-state index contributed by atoms with van der Waals surface area (Å²) in [5, 5.41) is 6.02. The molecule has 6 heteroatoms. The van der Waals surface area contributed by atoms with Crippen LogP contribution in [0.15, 0.2) is 65.1 Å². The van der Waals surface area contributed by atoms with Gasteiger partial charge in [0.15, 0.2) is 5.58 Å². The zero-order valence-corrected chi connectivity index (χ0v) is 16.8. The van der Waals surface area contributed by atoms with Gasteiger partial charge in [-0.1, -0.05) is 62.1 Å². The lowest BCUT2D eigenvalue weighted by molar-refractivity contribution is -0.136. The molecule has 1 heterocycles. The molecule has 0 saturated heterocycles. The fourth-order valence-electron chi connectivity index (χ4n) is 3.49. The first-order valence-corrected chi connectivity index (χ1v) is 12.5. The van der Waals surface area contributed by atoms with Crippen LogP contribution in [0.2, 0.25) is 19.6 Å². The van der Waals surface area contributed by atoms with Gasteiger partial charge in [0.2, 0.25) is 0 Å². The van der Waals surface area contributed by atoms with E-state index < -0.39 is 19.8 Å². The first kappa shape index (κ1) is 18.6. The van der Waals surface area contributed by atoms with Crippen molar-refractivity contribution in [1.82, 2.24) is 0 Å². The molecule has 0 aliphatic carbocycles. The molecule has 0 radical (unpaired) electrons. The minimum atomic E-state index is -4.43. The molecule has 0 atom stereocenters. The Balaban J connectivity index is 1.91. The van der Waals surface area contributed by atoms with Crippen molar-refractivity contribution in [3.8, 4) is 0 Å². The highest BCUT2D eigenvalue weighted by Gasteiger charge is 2.33. The maximum Gasteiger partial charge on any atom is 0.418 e. The normalized spacial score (nSPS) is 12.6. The van der Waals surface area contributed by atoms with Crippen molar-refractivity contribution in [1.29, 1.82) is 0 Å². The number of para-hydroxylation sites is 3. The van der Waals surface area contributed by atoms with Crippen molar-refractivity contribution in [3.63, 3.8) is 0 Å². The number of rotatable bonds is 3. The van der Waals surface area contributed by atoms with Crippen molar-refractivity contribution < 1.29 is 17.6 Å². The molecule has 1 N–H and O–H groups in total. The highest BCUT2D eigenvalue weighted by molar-refractivity contribution is 6.90. The van der Waals surface area contributed by atoms with Crippen LogP contribution in [0.3, 0.4) is 0 Å². The summed E-state index contributed by atoms with van der Waals surface area (Å²) >= 11 is 0. The monoisotopic (exact) mass is 399 g/mol. The molecule has 0 unspecified atom stereocenters. The van der Waals surface area contributed by atoms with Crippen LogP contribution in [-0.2, 0) is 6.18 Å². The molecule has 0 fully saturated rings. The van der Waals surface area contributed by atoms with E-state index in [-0.39, 0.29) is 5.69 Å². The topological polar surface area (TPSA) is 25.2 Å². The number of halogens is 3. The first-order chi connectivity index (χ1) is 13.2. The lowest BCUT2D eigenvalue weighted by atomic mass is 10.1. The van der Waals surface area contributed by atoms with Gasteiger partial charge in [0.1, 0.15) is 5.58 Å². The summed E-state index contributed by atoms with van der Waals surface area (Å²) in [5.74, 6) is 0. The van der Waals surface area contributed by atoms with Gasteiger partial charge in [0, 0.05) is 10.8 Å². The molecule has 4 aromatic rings. The average molecular weight is 399 g/mol. The molecule has 3 aromatic carbocycles. The van der Waals surface area contributed by atoms with Crippen LogP contribution in [-0.4, -0.2) is 8.07 Å². The molecule has 4 rings (SSSR count). The van der Waals surface area contributed by atoms with Gasteiger partial charge in [0.25, 0.3) is 0 Å². The number of fused-ring (bicyclic) bond motifs is 3. The van der Waals surface area contributed by atoms with E-state index in [0.717, 1.165) is 22.4 Å². The largest absolute Gasteiger partial charge is 0.454 e. The van der Waals surface area contributed by atoms with Crippen LogP contribution in [0.5, 0.6) is 0 Å². The predicted molar refractivity (Wildman–Crippen MR) is 111 cm³/mol. The Bertz CT molecular complexity index is 1170. The first-order valence-electron chi connectivity index (χ1n) is 9.04. The van der Waals surface area contributed by atoms with E-state index in [1.807, 2.05) is 24.3 Å². The second kappa shape index (κ2) is 6.41. The average Bonchev–Trinajstić information content (AvgIpc) is 3.00. The third-order valence-electron chi connectivity index (χ3n) is 4.83. The minimum Gasteiger partial charge on any atom is -0.454 e. The lowest BCUT2D eigenvalue weighted by Gasteiger charge is -2.16. The van der Waals surface area contributed by atoms with Gasteiger partial charge >= 0.3 is 6.18 Å². The molecular weight excluding hydrogens is 379 g/mol. The maximum atomic E-state index is 13.4. The van der Waals surface area contributed by atoms with Crippen molar-refractivity contribution in [2.75, 3.05) is 5.32 Å². The number of hydrogen-bond acceptors (Lipinski definition) is 2. The van der Waals surface area contributed by atoms with Crippen LogP contribution >= 0.6 is 0 Å². The van der Waals surface area contributed by atoms with E-state index in [1.165, 1.54) is 17.3 Å². The van der Waals surface area contributed by atoms with E-state index in [2.05, 4.69) is 31.0 Å². The number of hydrogen-bond donors (Lipinski definition) is 1. The summed E-state index contributed by atoms with van der Waals surface area (Å²) < 4.78 is 46.3. The van der Waals surface area contributed by atoms with Gasteiger partial charge in [-0.2, -0.15) is 13.2 Å². The van der Waals surface area contributed by atoms with Gasteiger partial charge in [-0.25, -0.2) is 0 Å². The number of furan rings is 1. The van der Waals surface area contributed by atoms with E-state index >= 15 is 0 Å². The zero-order valence-electron chi connectivity index (χ0n) is 15.8. The van der Waals surface area contributed by atoms with Gasteiger partial charge in [0.05, 0.1) is 25.0 Å². The molecule has 0 saturated carbocycles. The molecule has 0 amide bonds. The fraction of sp³-hybridized carbons (Fsp3) is 0.182. The van der Waals surface area contributed by atoms with Gasteiger partial charge in [-0.15, -0.1) is 0 Å². The molecule has 144 valence electrons. The van der Waals surface area contributed by atoms with Gasteiger partial charge in [-0.05, 0) is 23.4 Å². The Labute approximate surface area is 162 Å². The molecule has 0 spiro atoms. The second-order valence-corrected chi connectivity index (χ2v) is 12.9. The minimum absolute atomic E-state index is 0.00776. The van der Waals surface area contributed by atoms with Crippen LogP contribution in [0, 0.1) is 0 Å². The van der Waals surface area contributed by atoms with Crippen LogP contribution in [0.25, 0.3) is 21.9 Å². The Morgan fingerprint density at radius 2 is 1.36 bits per heavy atom. The van der Waals surface area contributed by atoms with Crippen LogP contribution < -0.4 is 10.5 Å². The van der Waals surface area contributed by atoms with Gasteiger partial charge in [-0.3, -0.25) is 0 Å². The number of anilines is 2. The van der Waals surface area contributed by atoms with E-state index in [4.69, 9.17) is 4.42 Å². The molecule has 0 aliphatic rings. The van der Waals surface area contributed by atoms with E-state index in [9.17, 15) is 13.2 Å². The summed E-state index contributed by atoms with van der Waals surface area (Å²) in [6.07, 6.45) is -4.43. The summed E-state index contributed by atoms with van der Waals surface area (Å²) in [6.45, 7) is 6.73. The number of benzene rings is 3. The Morgan fingerprint density at radius 3 is 2.04 bits per heavy atom. The summed E-state index contributed by atoms with van der Waals surface area (Å²) in [4.78, 5) is 0. The number of alkyl halides is 3. The van der Waals surface area contributed by atoms with Crippen LogP contribution in [0.4, 0.5) is 24.5 Å². The summed E-state index contributed by atoms with van der Waals surface area (Å²) in [7, 11) is -1.65. The third-order valence-corrected chi connectivity index (χ3v) is 6.84. The highest BCUT2D eigenvalue weighted by atomic mass is 28.3. The molecule has 0 bridgehead atoms. The Morgan fingerprint density at radius 1 is 0.750 bits per heavy atom. The van der Waals surface area contributed by atoms with E-state index in [1.54, 1.807) is 12.1 Å². The van der Waals surface area contributed by atoms with Crippen molar-refractivity contribution >= 4 is 46.6 Å². The second-order valence-electron chi connectivity index (χ2n) is 7.88. The predicted octanol–water partition coefficient (Wildman–Crippen LogP) is 6.89. The maximum absolute atomic E-state index is 13.4. The molecule has 1 aromatic heterocycles.